The summed E-state index contributed by atoms with van der Waals surface area (Å²) < 4.78 is 53.1. The highest BCUT2D eigenvalue weighted by Gasteiger charge is 2.36. The van der Waals surface area contributed by atoms with E-state index in [0.29, 0.717) is 19.5 Å². The smallest absolute Gasteiger partial charge is 0.314 e. The molecule has 21 heavy (non-hydrogen) atoms. The molecule has 0 radical (unpaired) electrons. The molecule has 1 aromatic carbocycles. The molecule has 1 fully saturated rings. The summed E-state index contributed by atoms with van der Waals surface area (Å²) in [5.74, 6) is -0.616. The number of nitrogens with one attached hydrogen (secondary N) is 1. The van der Waals surface area contributed by atoms with E-state index in [0.717, 1.165) is 37.7 Å². The van der Waals surface area contributed by atoms with Gasteiger partial charge >= 0.3 is 6.18 Å². The zero-order chi connectivity index (χ0) is 15.5. The fourth-order valence-corrected chi connectivity index (χ4v) is 2.87. The van der Waals surface area contributed by atoms with Crippen molar-refractivity contribution in [2.45, 2.75) is 32.0 Å². The molecule has 1 heterocycles. The molecule has 1 saturated heterocycles. The van der Waals surface area contributed by atoms with E-state index < -0.39 is 17.6 Å². The Morgan fingerprint density at radius 1 is 1.24 bits per heavy atom. The van der Waals surface area contributed by atoms with Crippen molar-refractivity contribution in [1.29, 1.82) is 0 Å². The van der Waals surface area contributed by atoms with Gasteiger partial charge in [-0.1, -0.05) is 13.3 Å². The molecule has 2 nitrogen and oxygen atoms in total. The maximum Gasteiger partial charge on any atom is 0.416 e. The number of hydrogen-bond donors (Lipinski definition) is 1. The molecular formula is C15H20F4N2. The van der Waals surface area contributed by atoms with Crippen molar-refractivity contribution < 1.29 is 17.6 Å². The highest BCUT2D eigenvalue weighted by atomic mass is 19.4. The minimum Gasteiger partial charge on any atom is -0.314 e. The van der Waals surface area contributed by atoms with Crippen LogP contribution in [0.1, 0.15) is 36.9 Å². The van der Waals surface area contributed by atoms with Crippen molar-refractivity contribution >= 4 is 0 Å². The lowest BCUT2D eigenvalue weighted by Crippen LogP contribution is -2.45. The summed E-state index contributed by atoms with van der Waals surface area (Å²) in [4.78, 5) is 2.02. The van der Waals surface area contributed by atoms with Crippen molar-refractivity contribution in [3.8, 4) is 0 Å². The van der Waals surface area contributed by atoms with Crippen molar-refractivity contribution in [3.63, 3.8) is 0 Å². The molecule has 0 spiro atoms. The lowest BCUT2D eigenvalue weighted by Gasteiger charge is -2.36. The zero-order valence-electron chi connectivity index (χ0n) is 12.0. The number of nitrogens with zero attached hydrogens (tertiary/aromatic N) is 1. The Balaban J connectivity index is 2.40. The van der Waals surface area contributed by atoms with E-state index in [9.17, 15) is 17.6 Å². The molecule has 0 aliphatic carbocycles. The average molecular weight is 304 g/mol. The van der Waals surface area contributed by atoms with E-state index in [4.69, 9.17) is 0 Å². The summed E-state index contributed by atoms with van der Waals surface area (Å²) in [6, 6.07) is 2.40. The second kappa shape index (κ2) is 6.75. The lowest BCUT2D eigenvalue weighted by atomic mass is 9.94. The first kappa shape index (κ1) is 16.2. The van der Waals surface area contributed by atoms with Crippen molar-refractivity contribution in [2.24, 2.45) is 0 Å². The minimum absolute atomic E-state index is 0.0613. The van der Waals surface area contributed by atoms with Gasteiger partial charge in [-0.05, 0) is 30.2 Å². The predicted octanol–water partition coefficient (Wildman–Crippen LogP) is 3.59. The van der Waals surface area contributed by atoms with Crippen LogP contribution in [0.3, 0.4) is 0 Å². The van der Waals surface area contributed by atoms with E-state index >= 15 is 0 Å². The molecule has 0 amide bonds. The highest BCUT2D eigenvalue weighted by molar-refractivity contribution is 5.33. The number of rotatable bonds is 4. The van der Waals surface area contributed by atoms with Crippen LogP contribution in [0.25, 0.3) is 0 Å². The largest absolute Gasteiger partial charge is 0.416 e. The summed E-state index contributed by atoms with van der Waals surface area (Å²) in [5, 5.41) is 3.18. The van der Waals surface area contributed by atoms with Gasteiger partial charge in [0.15, 0.2) is 0 Å². The summed E-state index contributed by atoms with van der Waals surface area (Å²) in [7, 11) is 0. The van der Waals surface area contributed by atoms with Gasteiger partial charge in [0.25, 0.3) is 0 Å². The Morgan fingerprint density at radius 3 is 2.48 bits per heavy atom. The van der Waals surface area contributed by atoms with Crippen molar-refractivity contribution in [3.05, 3.63) is 35.1 Å². The first-order chi connectivity index (χ1) is 9.93. The van der Waals surface area contributed by atoms with Crippen LogP contribution in [0.5, 0.6) is 0 Å². The van der Waals surface area contributed by atoms with Crippen molar-refractivity contribution in [2.75, 3.05) is 26.2 Å². The molecule has 6 heteroatoms. The van der Waals surface area contributed by atoms with E-state index in [1.807, 2.05) is 11.8 Å². The molecule has 1 atom stereocenters. The topological polar surface area (TPSA) is 15.3 Å². The van der Waals surface area contributed by atoms with Crippen molar-refractivity contribution in [1.82, 2.24) is 10.2 Å². The fourth-order valence-electron chi connectivity index (χ4n) is 2.87. The van der Waals surface area contributed by atoms with E-state index in [1.54, 1.807) is 0 Å². The summed E-state index contributed by atoms with van der Waals surface area (Å²) in [6.07, 6.45) is -3.11. The van der Waals surface area contributed by atoms with Gasteiger partial charge in [-0.15, -0.1) is 0 Å². The summed E-state index contributed by atoms with van der Waals surface area (Å²) in [6.45, 7) is 4.78. The van der Waals surface area contributed by atoms with Crippen LogP contribution in [-0.4, -0.2) is 31.1 Å². The monoisotopic (exact) mass is 304 g/mol. The van der Waals surface area contributed by atoms with Crippen LogP contribution < -0.4 is 5.32 Å². The number of piperazine rings is 1. The Bertz CT molecular complexity index is 467. The van der Waals surface area contributed by atoms with Crippen LogP contribution in [0.15, 0.2) is 18.2 Å². The van der Waals surface area contributed by atoms with Gasteiger partial charge in [-0.25, -0.2) is 4.39 Å². The normalized spacial score (nSPS) is 18.7. The first-order valence-corrected chi connectivity index (χ1v) is 7.25. The second-order valence-corrected chi connectivity index (χ2v) is 5.32. The highest BCUT2D eigenvalue weighted by Crippen LogP contribution is 2.38. The average Bonchev–Trinajstić information content (AvgIpc) is 2.44. The van der Waals surface area contributed by atoms with Gasteiger partial charge in [-0.3, -0.25) is 4.90 Å². The van der Waals surface area contributed by atoms with Gasteiger partial charge in [0.1, 0.15) is 5.82 Å². The fraction of sp³-hybridized carbons (Fsp3) is 0.600. The van der Waals surface area contributed by atoms with Crippen LogP contribution >= 0.6 is 0 Å². The van der Waals surface area contributed by atoms with Crippen LogP contribution in [0.2, 0.25) is 0 Å². The third kappa shape index (κ3) is 3.95. The first-order valence-electron chi connectivity index (χ1n) is 7.25. The van der Waals surface area contributed by atoms with E-state index in [-0.39, 0.29) is 11.6 Å². The molecule has 118 valence electrons. The van der Waals surface area contributed by atoms with Gasteiger partial charge in [0, 0.05) is 32.2 Å². The predicted molar refractivity (Wildman–Crippen MR) is 73.5 cm³/mol. The standard InChI is InChI=1S/C15H20F4N2/c1-2-3-14(21-8-6-20-7-9-21)12-10-11(16)4-5-13(12)15(17,18)19/h4-5,10,14,20H,2-3,6-9H2,1H3/t14-/m0/s1. The molecule has 1 aliphatic heterocycles. The lowest BCUT2D eigenvalue weighted by molar-refractivity contribution is -0.138. The summed E-state index contributed by atoms with van der Waals surface area (Å²) in [5.41, 5.74) is -0.660. The number of alkyl halides is 3. The summed E-state index contributed by atoms with van der Waals surface area (Å²) >= 11 is 0. The third-order valence-electron chi connectivity index (χ3n) is 3.83. The van der Waals surface area contributed by atoms with Crippen LogP contribution in [0, 0.1) is 5.82 Å². The molecule has 2 rings (SSSR count). The Kier molecular flexibility index (Phi) is 5.22. The SMILES string of the molecule is CCC[C@@H](c1cc(F)ccc1C(F)(F)F)N1CCNCC1. The van der Waals surface area contributed by atoms with E-state index in [2.05, 4.69) is 5.32 Å². The number of hydrogen-bond acceptors (Lipinski definition) is 2. The molecule has 1 aliphatic rings. The zero-order valence-corrected chi connectivity index (χ0v) is 12.0. The van der Waals surface area contributed by atoms with Gasteiger partial charge < -0.3 is 5.32 Å². The van der Waals surface area contributed by atoms with Gasteiger partial charge in [0.2, 0.25) is 0 Å². The maximum atomic E-state index is 13.5. The maximum absolute atomic E-state index is 13.5. The van der Waals surface area contributed by atoms with Gasteiger partial charge in [0.05, 0.1) is 5.56 Å². The Morgan fingerprint density at radius 2 is 1.90 bits per heavy atom. The molecule has 0 bridgehead atoms. The number of halogens is 4. The molecule has 0 aromatic heterocycles. The molecule has 1 aromatic rings. The van der Waals surface area contributed by atoms with E-state index in [1.165, 1.54) is 0 Å². The quantitative estimate of drug-likeness (QED) is 0.855. The molecule has 0 saturated carbocycles. The molecular weight excluding hydrogens is 284 g/mol. The van der Waals surface area contributed by atoms with Gasteiger partial charge in [-0.2, -0.15) is 13.2 Å². The third-order valence-corrected chi connectivity index (χ3v) is 3.83. The Labute approximate surface area is 122 Å². The molecule has 1 N–H and O–H groups in total. The minimum atomic E-state index is -4.46. The number of benzene rings is 1. The van der Waals surface area contributed by atoms with Crippen LogP contribution in [0.4, 0.5) is 17.6 Å². The van der Waals surface area contributed by atoms with Crippen LogP contribution in [-0.2, 0) is 6.18 Å². The molecule has 0 unspecified atom stereocenters. The Hall–Kier alpha value is -1.14. The second-order valence-electron chi connectivity index (χ2n) is 5.32.